The number of aromatic nitrogens is 2. The Kier molecular flexibility index (Phi) is 6.10. The molecule has 35 heavy (non-hydrogen) atoms. The molecule has 178 valence electrons. The average Bonchev–Trinajstić information content (AvgIpc) is 3.49. The van der Waals surface area contributed by atoms with Crippen LogP contribution < -0.4 is 14.8 Å². The Labute approximate surface area is 204 Å². The first-order valence-electron chi connectivity index (χ1n) is 10.8. The number of benzene rings is 2. The van der Waals surface area contributed by atoms with Gasteiger partial charge >= 0.3 is 0 Å². The van der Waals surface area contributed by atoms with Crippen molar-refractivity contribution in [3.05, 3.63) is 83.2 Å². The van der Waals surface area contributed by atoms with Crippen molar-refractivity contribution in [3.63, 3.8) is 0 Å². The number of thiophene rings is 1. The molecule has 3 heterocycles. The average molecular weight is 492 g/mol. The predicted octanol–water partition coefficient (Wildman–Crippen LogP) is 4.84. The maximum atomic E-state index is 14.3. The number of methoxy groups -OCH3 is 2. The van der Waals surface area contributed by atoms with Crippen molar-refractivity contribution in [1.82, 2.24) is 14.7 Å². The van der Waals surface area contributed by atoms with E-state index in [0.29, 0.717) is 38.8 Å². The molecule has 0 saturated heterocycles. The number of nitrogens with zero attached hydrogens (tertiary/aromatic N) is 2. The van der Waals surface area contributed by atoms with Crippen LogP contribution in [0.3, 0.4) is 0 Å². The highest BCUT2D eigenvalue weighted by Crippen LogP contribution is 2.36. The lowest BCUT2D eigenvalue weighted by Gasteiger charge is -2.12. The third-order valence-electron chi connectivity index (χ3n) is 5.79. The van der Waals surface area contributed by atoms with Gasteiger partial charge in [-0.3, -0.25) is 9.20 Å². The monoisotopic (exact) mass is 491 g/mol. The Morgan fingerprint density at radius 2 is 1.97 bits per heavy atom. The number of amides is 1. The summed E-state index contributed by atoms with van der Waals surface area (Å²) in [6.07, 6.45) is 0.783. The van der Waals surface area contributed by atoms with Gasteiger partial charge in [0, 0.05) is 34.6 Å². The molecule has 0 aliphatic heterocycles. The first-order chi connectivity index (χ1) is 17.0. The van der Waals surface area contributed by atoms with Crippen LogP contribution in [0, 0.1) is 5.82 Å². The second kappa shape index (κ2) is 9.36. The number of hydrogen-bond donors (Lipinski definition) is 2. The minimum atomic E-state index is -1.06. The minimum absolute atomic E-state index is 0.0484. The topological polar surface area (TPSA) is 85.1 Å². The number of nitrogens with one attached hydrogen (secondary N) is 1. The number of ether oxygens (including phenoxy) is 2. The molecule has 3 aromatic heterocycles. The fraction of sp³-hybridized carbons (Fsp3) is 0.154. The van der Waals surface area contributed by atoms with Crippen LogP contribution in [0.5, 0.6) is 11.5 Å². The van der Waals surface area contributed by atoms with E-state index in [9.17, 15) is 14.3 Å². The van der Waals surface area contributed by atoms with Crippen molar-refractivity contribution in [2.75, 3.05) is 20.8 Å². The molecule has 0 aliphatic carbocycles. The SMILES string of the molecule is COc1ccc(C(=O)NCC(O)c2nc(-c3csc4c(F)cccc34)n3ccccc23)cc1OC. The Bertz CT molecular complexity index is 1540. The Morgan fingerprint density at radius 1 is 1.14 bits per heavy atom. The van der Waals surface area contributed by atoms with Crippen LogP contribution in [0.4, 0.5) is 4.39 Å². The molecule has 0 radical (unpaired) electrons. The number of rotatable bonds is 7. The highest BCUT2D eigenvalue weighted by molar-refractivity contribution is 7.17. The van der Waals surface area contributed by atoms with Gasteiger partial charge in [0.05, 0.1) is 30.1 Å². The van der Waals surface area contributed by atoms with Crippen molar-refractivity contribution >= 4 is 32.8 Å². The Balaban J connectivity index is 1.43. The number of hydrogen-bond acceptors (Lipinski definition) is 6. The molecule has 2 N–H and O–H groups in total. The lowest BCUT2D eigenvalue weighted by molar-refractivity contribution is 0.0914. The molecule has 2 aromatic carbocycles. The van der Waals surface area contributed by atoms with Gasteiger partial charge in [-0.2, -0.15) is 0 Å². The molecular weight excluding hydrogens is 469 g/mol. The molecule has 0 saturated carbocycles. The van der Waals surface area contributed by atoms with Gasteiger partial charge in [-0.1, -0.05) is 18.2 Å². The van der Waals surface area contributed by atoms with E-state index in [1.165, 1.54) is 31.6 Å². The fourth-order valence-corrected chi connectivity index (χ4v) is 5.01. The zero-order valence-electron chi connectivity index (χ0n) is 19.0. The zero-order chi connectivity index (χ0) is 24.5. The van der Waals surface area contributed by atoms with Crippen molar-refractivity contribution in [2.45, 2.75) is 6.10 Å². The molecule has 0 spiro atoms. The number of carbonyl (C=O) groups excluding carboxylic acids is 1. The van der Waals surface area contributed by atoms with Crippen LogP contribution in [-0.4, -0.2) is 41.2 Å². The number of aliphatic hydroxyl groups is 1. The molecule has 0 aliphatic rings. The van der Waals surface area contributed by atoms with Gasteiger partial charge in [-0.05, 0) is 36.4 Å². The second-order valence-electron chi connectivity index (χ2n) is 7.84. The highest BCUT2D eigenvalue weighted by Gasteiger charge is 2.22. The summed E-state index contributed by atoms with van der Waals surface area (Å²) in [4.78, 5) is 17.4. The maximum absolute atomic E-state index is 14.3. The van der Waals surface area contributed by atoms with E-state index in [1.54, 1.807) is 24.3 Å². The van der Waals surface area contributed by atoms with E-state index >= 15 is 0 Å². The number of fused-ring (bicyclic) bond motifs is 2. The van der Waals surface area contributed by atoms with Gasteiger partial charge in [0.25, 0.3) is 5.91 Å². The summed E-state index contributed by atoms with van der Waals surface area (Å²) in [5.41, 5.74) is 2.27. The van der Waals surface area contributed by atoms with Crippen LogP contribution in [0.1, 0.15) is 22.2 Å². The van der Waals surface area contributed by atoms with Gasteiger partial charge in [-0.15, -0.1) is 11.3 Å². The van der Waals surface area contributed by atoms with Crippen LogP contribution in [0.25, 0.3) is 27.0 Å². The largest absolute Gasteiger partial charge is 0.493 e. The van der Waals surface area contributed by atoms with E-state index in [1.807, 2.05) is 40.2 Å². The summed E-state index contributed by atoms with van der Waals surface area (Å²) in [7, 11) is 3.02. The summed E-state index contributed by atoms with van der Waals surface area (Å²) in [5, 5.41) is 16.3. The lowest BCUT2D eigenvalue weighted by atomic mass is 10.1. The standard InChI is InChI=1S/C26H22FN3O4S/c1-33-21-10-9-15(12-22(21)34-2)26(32)28-13-20(31)23-19-8-3-4-11-30(19)25(29-23)17-14-35-24-16(17)6-5-7-18(24)27/h3-12,14,20,31H,13H2,1-2H3,(H,28,32). The van der Waals surface area contributed by atoms with Crippen LogP contribution >= 0.6 is 11.3 Å². The maximum Gasteiger partial charge on any atom is 0.251 e. The smallest absolute Gasteiger partial charge is 0.251 e. The third-order valence-corrected chi connectivity index (χ3v) is 6.79. The van der Waals surface area contributed by atoms with Gasteiger partial charge in [0.1, 0.15) is 17.7 Å². The molecule has 7 nitrogen and oxygen atoms in total. The van der Waals surface area contributed by atoms with Gasteiger partial charge in [-0.25, -0.2) is 9.37 Å². The van der Waals surface area contributed by atoms with E-state index in [4.69, 9.17) is 14.5 Å². The minimum Gasteiger partial charge on any atom is -0.493 e. The molecule has 1 amide bonds. The third kappa shape index (κ3) is 4.09. The molecule has 1 unspecified atom stereocenters. The Morgan fingerprint density at radius 3 is 2.77 bits per heavy atom. The fourth-order valence-electron chi connectivity index (χ4n) is 4.06. The zero-order valence-corrected chi connectivity index (χ0v) is 19.8. The van der Waals surface area contributed by atoms with Crippen molar-refractivity contribution in [2.24, 2.45) is 0 Å². The Hall–Kier alpha value is -3.95. The molecular formula is C26H22FN3O4S. The van der Waals surface area contributed by atoms with E-state index in [0.717, 1.165) is 10.9 Å². The molecule has 0 fully saturated rings. The molecule has 0 bridgehead atoms. The first kappa shape index (κ1) is 22.8. The van der Waals surface area contributed by atoms with Crippen molar-refractivity contribution < 1.29 is 23.8 Å². The van der Waals surface area contributed by atoms with Crippen molar-refractivity contribution in [1.29, 1.82) is 0 Å². The predicted molar refractivity (Wildman–Crippen MR) is 133 cm³/mol. The lowest BCUT2D eigenvalue weighted by Crippen LogP contribution is -2.28. The van der Waals surface area contributed by atoms with Crippen molar-refractivity contribution in [3.8, 4) is 22.9 Å². The summed E-state index contributed by atoms with van der Waals surface area (Å²) in [6.45, 7) is -0.0484. The molecule has 1 atom stereocenters. The van der Waals surface area contributed by atoms with Gasteiger partial charge in [0.15, 0.2) is 11.5 Å². The van der Waals surface area contributed by atoms with E-state index in [-0.39, 0.29) is 18.3 Å². The van der Waals surface area contributed by atoms with E-state index in [2.05, 4.69) is 5.32 Å². The van der Waals surface area contributed by atoms with Gasteiger partial charge in [0.2, 0.25) is 0 Å². The molecule has 5 aromatic rings. The number of pyridine rings is 1. The number of aliphatic hydroxyl groups excluding tert-OH is 1. The summed E-state index contributed by atoms with van der Waals surface area (Å²) in [6, 6.07) is 15.4. The molecule has 5 rings (SSSR count). The quantitative estimate of drug-likeness (QED) is 0.341. The number of imidazole rings is 1. The second-order valence-corrected chi connectivity index (χ2v) is 8.72. The first-order valence-corrected chi connectivity index (χ1v) is 11.7. The molecule has 9 heteroatoms. The summed E-state index contributed by atoms with van der Waals surface area (Å²) >= 11 is 1.31. The highest BCUT2D eigenvalue weighted by atomic mass is 32.1. The summed E-state index contributed by atoms with van der Waals surface area (Å²) < 4.78 is 27.1. The summed E-state index contributed by atoms with van der Waals surface area (Å²) in [5.74, 6) is 0.898. The number of halogens is 1. The van der Waals surface area contributed by atoms with Crippen LogP contribution in [0.2, 0.25) is 0 Å². The van der Waals surface area contributed by atoms with Crippen LogP contribution in [-0.2, 0) is 0 Å². The van der Waals surface area contributed by atoms with E-state index < -0.39 is 6.10 Å². The van der Waals surface area contributed by atoms with Crippen LogP contribution in [0.15, 0.2) is 66.2 Å². The number of carbonyl (C=O) groups is 1. The van der Waals surface area contributed by atoms with Gasteiger partial charge < -0.3 is 19.9 Å². The normalized spacial score (nSPS) is 12.1.